The third-order valence-electron chi connectivity index (χ3n) is 3.21. The van der Waals surface area contributed by atoms with Crippen LogP contribution in [0, 0.1) is 0 Å². The zero-order chi connectivity index (χ0) is 14.5. The molecule has 1 unspecified atom stereocenters. The SMILES string of the molecule is CCC(COC)Nc1c(C(=O)O)cnc2ccccc12. The van der Waals surface area contributed by atoms with Crippen molar-refractivity contribution >= 4 is 22.6 Å². The standard InChI is InChI=1S/C15H18N2O3/c1-3-10(9-20-2)17-14-11-6-4-5-7-13(11)16-8-12(14)15(18)19/h4-8,10H,3,9H2,1-2H3,(H,16,17)(H,18,19). The summed E-state index contributed by atoms with van der Waals surface area (Å²) >= 11 is 0. The van der Waals surface area contributed by atoms with Gasteiger partial charge in [0.1, 0.15) is 5.56 Å². The van der Waals surface area contributed by atoms with Crippen molar-refractivity contribution < 1.29 is 14.6 Å². The van der Waals surface area contributed by atoms with Crippen LogP contribution in [0.4, 0.5) is 5.69 Å². The molecule has 106 valence electrons. The molecule has 0 radical (unpaired) electrons. The number of aromatic carboxylic acids is 1. The molecule has 1 heterocycles. The number of aromatic nitrogens is 1. The predicted molar refractivity (Wildman–Crippen MR) is 78.3 cm³/mol. The van der Waals surface area contributed by atoms with Crippen molar-refractivity contribution in [2.45, 2.75) is 19.4 Å². The molecule has 5 heteroatoms. The molecule has 0 aliphatic heterocycles. The van der Waals surface area contributed by atoms with Gasteiger partial charge in [0.25, 0.3) is 0 Å². The van der Waals surface area contributed by atoms with E-state index in [1.54, 1.807) is 7.11 Å². The van der Waals surface area contributed by atoms with Gasteiger partial charge in [0, 0.05) is 24.7 Å². The summed E-state index contributed by atoms with van der Waals surface area (Å²) in [6, 6.07) is 7.55. The molecule has 2 aromatic rings. The second-order valence-electron chi connectivity index (χ2n) is 4.57. The first-order chi connectivity index (χ1) is 9.67. The number of carbonyl (C=O) groups is 1. The number of hydrogen-bond acceptors (Lipinski definition) is 4. The lowest BCUT2D eigenvalue weighted by molar-refractivity contribution is 0.0697. The van der Waals surface area contributed by atoms with Crippen LogP contribution in [0.5, 0.6) is 0 Å². The third kappa shape index (κ3) is 2.88. The maximum Gasteiger partial charge on any atom is 0.339 e. The van der Waals surface area contributed by atoms with Gasteiger partial charge in [-0.05, 0) is 12.5 Å². The van der Waals surface area contributed by atoms with E-state index in [0.717, 1.165) is 17.3 Å². The summed E-state index contributed by atoms with van der Waals surface area (Å²) in [7, 11) is 1.63. The van der Waals surface area contributed by atoms with Crippen molar-refractivity contribution in [1.82, 2.24) is 4.98 Å². The Balaban J connectivity index is 2.51. The molecule has 0 saturated heterocycles. The molecule has 0 saturated carbocycles. The highest BCUT2D eigenvalue weighted by molar-refractivity contribution is 6.04. The number of fused-ring (bicyclic) bond motifs is 1. The predicted octanol–water partition coefficient (Wildman–Crippen LogP) is 2.77. The topological polar surface area (TPSA) is 71.5 Å². The molecule has 0 aliphatic carbocycles. The lowest BCUT2D eigenvalue weighted by Crippen LogP contribution is -2.25. The fourth-order valence-electron chi connectivity index (χ4n) is 2.13. The van der Waals surface area contributed by atoms with Gasteiger partial charge >= 0.3 is 5.97 Å². The molecule has 1 atom stereocenters. The van der Waals surface area contributed by atoms with Gasteiger partial charge in [0.2, 0.25) is 0 Å². The van der Waals surface area contributed by atoms with Crippen LogP contribution >= 0.6 is 0 Å². The average molecular weight is 274 g/mol. The Morgan fingerprint density at radius 1 is 1.45 bits per heavy atom. The minimum absolute atomic E-state index is 0.0592. The number of carboxylic acids is 1. The quantitative estimate of drug-likeness (QED) is 0.847. The zero-order valence-electron chi connectivity index (χ0n) is 11.6. The minimum Gasteiger partial charge on any atom is -0.478 e. The lowest BCUT2D eigenvalue weighted by atomic mass is 10.1. The molecule has 0 spiro atoms. The van der Waals surface area contributed by atoms with Crippen LogP contribution < -0.4 is 5.32 Å². The number of methoxy groups -OCH3 is 1. The van der Waals surface area contributed by atoms with Crippen LogP contribution in [0.15, 0.2) is 30.5 Å². The molecular weight excluding hydrogens is 256 g/mol. The van der Waals surface area contributed by atoms with E-state index < -0.39 is 5.97 Å². The molecular formula is C15H18N2O3. The first-order valence-electron chi connectivity index (χ1n) is 6.53. The van der Waals surface area contributed by atoms with Crippen molar-refractivity contribution in [2.75, 3.05) is 19.0 Å². The summed E-state index contributed by atoms with van der Waals surface area (Å²) in [6.07, 6.45) is 2.23. The number of anilines is 1. The first-order valence-corrected chi connectivity index (χ1v) is 6.53. The van der Waals surface area contributed by atoms with Crippen molar-refractivity contribution in [2.24, 2.45) is 0 Å². The number of nitrogens with zero attached hydrogens (tertiary/aromatic N) is 1. The maximum atomic E-state index is 11.4. The number of ether oxygens (including phenoxy) is 1. The van der Waals surface area contributed by atoms with Crippen molar-refractivity contribution in [3.63, 3.8) is 0 Å². The normalized spacial score (nSPS) is 12.3. The van der Waals surface area contributed by atoms with E-state index in [0.29, 0.717) is 12.3 Å². The number of hydrogen-bond donors (Lipinski definition) is 2. The molecule has 2 rings (SSSR count). The summed E-state index contributed by atoms with van der Waals surface area (Å²) in [4.78, 5) is 15.6. The number of nitrogens with one attached hydrogen (secondary N) is 1. The molecule has 1 aromatic carbocycles. The number of para-hydroxylation sites is 1. The monoisotopic (exact) mass is 274 g/mol. The van der Waals surface area contributed by atoms with Gasteiger partial charge in [-0.2, -0.15) is 0 Å². The number of rotatable bonds is 6. The van der Waals surface area contributed by atoms with Crippen LogP contribution in [-0.2, 0) is 4.74 Å². The van der Waals surface area contributed by atoms with Gasteiger partial charge in [-0.15, -0.1) is 0 Å². The van der Waals surface area contributed by atoms with E-state index in [1.165, 1.54) is 6.20 Å². The Morgan fingerprint density at radius 3 is 2.85 bits per heavy atom. The Bertz CT molecular complexity index is 613. The summed E-state index contributed by atoms with van der Waals surface area (Å²) in [5, 5.41) is 13.4. The number of benzene rings is 1. The maximum absolute atomic E-state index is 11.4. The lowest BCUT2D eigenvalue weighted by Gasteiger charge is -2.20. The molecule has 0 fully saturated rings. The van der Waals surface area contributed by atoms with Crippen LogP contribution in [0.3, 0.4) is 0 Å². The van der Waals surface area contributed by atoms with Crippen LogP contribution in [-0.4, -0.2) is 35.8 Å². The Morgan fingerprint density at radius 2 is 2.20 bits per heavy atom. The van der Waals surface area contributed by atoms with Crippen molar-refractivity contribution in [3.05, 3.63) is 36.0 Å². The third-order valence-corrected chi connectivity index (χ3v) is 3.21. The van der Waals surface area contributed by atoms with Crippen LogP contribution in [0.2, 0.25) is 0 Å². The smallest absolute Gasteiger partial charge is 0.339 e. The van der Waals surface area contributed by atoms with Gasteiger partial charge < -0.3 is 15.2 Å². The van der Waals surface area contributed by atoms with Crippen LogP contribution in [0.25, 0.3) is 10.9 Å². The highest BCUT2D eigenvalue weighted by Gasteiger charge is 2.17. The van der Waals surface area contributed by atoms with Crippen molar-refractivity contribution in [3.8, 4) is 0 Å². The molecule has 0 aliphatic rings. The average Bonchev–Trinajstić information content (AvgIpc) is 2.46. The Hall–Kier alpha value is -2.14. The summed E-state index contributed by atoms with van der Waals surface area (Å²) in [6.45, 7) is 2.55. The molecule has 0 bridgehead atoms. The molecule has 0 amide bonds. The molecule has 20 heavy (non-hydrogen) atoms. The number of pyridine rings is 1. The van der Waals surface area contributed by atoms with E-state index in [2.05, 4.69) is 10.3 Å². The highest BCUT2D eigenvalue weighted by Crippen LogP contribution is 2.27. The summed E-state index contributed by atoms with van der Waals surface area (Å²) in [5.74, 6) is -0.988. The number of carboxylic acid groups (broad SMARTS) is 1. The van der Waals surface area contributed by atoms with Gasteiger partial charge in [-0.3, -0.25) is 4.98 Å². The second-order valence-corrected chi connectivity index (χ2v) is 4.57. The van der Waals surface area contributed by atoms with Crippen LogP contribution in [0.1, 0.15) is 23.7 Å². The molecule has 2 N–H and O–H groups in total. The van der Waals surface area contributed by atoms with Gasteiger partial charge in [-0.25, -0.2) is 4.79 Å². The Labute approximate surface area is 117 Å². The van der Waals surface area contributed by atoms with Gasteiger partial charge in [0.15, 0.2) is 0 Å². The van der Waals surface area contributed by atoms with E-state index in [4.69, 9.17) is 4.74 Å². The largest absolute Gasteiger partial charge is 0.478 e. The highest BCUT2D eigenvalue weighted by atomic mass is 16.5. The molecule has 5 nitrogen and oxygen atoms in total. The molecule has 1 aromatic heterocycles. The van der Waals surface area contributed by atoms with Gasteiger partial charge in [-0.1, -0.05) is 25.1 Å². The van der Waals surface area contributed by atoms with E-state index in [1.807, 2.05) is 31.2 Å². The van der Waals surface area contributed by atoms with E-state index >= 15 is 0 Å². The van der Waals surface area contributed by atoms with E-state index in [-0.39, 0.29) is 11.6 Å². The minimum atomic E-state index is -0.988. The second kappa shape index (κ2) is 6.34. The van der Waals surface area contributed by atoms with E-state index in [9.17, 15) is 9.90 Å². The van der Waals surface area contributed by atoms with Gasteiger partial charge in [0.05, 0.1) is 17.8 Å². The fraction of sp³-hybridized carbons (Fsp3) is 0.333. The zero-order valence-corrected chi connectivity index (χ0v) is 11.6. The summed E-state index contributed by atoms with van der Waals surface area (Å²) in [5.41, 5.74) is 1.55. The van der Waals surface area contributed by atoms with Crippen molar-refractivity contribution in [1.29, 1.82) is 0 Å². The first kappa shape index (κ1) is 14.3. The fourth-order valence-corrected chi connectivity index (χ4v) is 2.13. The summed E-state index contributed by atoms with van der Waals surface area (Å²) < 4.78 is 5.15. The Kier molecular flexibility index (Phi) is 4.53.